The first-order chi connectivity index (χ1) is 15.6. The van der Waals surface area contributed by atoms with Crippen LogP contribution in [0, 0.1) is 5.82 Å². The van der Waals surface area contributed by atoms with Gasteiger partial charge in [0.05, 0.1) is 19.8 Å². The maximum atomic E-state index is 13.7. The summed E-state index contributed by atoms with van der Waals surface area (Å²) in [7, 11) is 3.25. The van der Waals surface area contributed by atoms with E-state index in [1.807, 2.05) is 47.4 Å². The molecule has 0 amide bonds. The summed E-state index contributed by atoms with van der Waals surface area (Å²) in [4.78, 5) is 2.62. The van der Waals surface area contributed by atoms with E-state index in [0.717, 1.165) is 28.1 Å². The van der Waals surface area contributed by atoms with Crippen molar-refractivity contribution in [3.05, 3.63) is 95.1 Å². The second-order valence-electron chi connectivity index (χ2n) is 7.51. The van der Waals surface area contributed by atoms with Gasteiger partial charge in [-0.25, -0.2) is 4.39 Å². The smallest absolute Gasteiger partial charge is 0.209 e. The van der Waals surface area contributed by atoms with Gasteiger partial charge in [0.2, 0.25) is 5.88 Å². The fraction of sp³-hybridized carbons (Fsp3) is 0.160. The van der Waals surface area contributed by atoms with Crippen LogP contribution >= 0.6 is 12.2 Å². The first-order valence-electron chi connectivity index (χ1n) is 10.2. The lowest BCUT2D eigenvalue weighted by Gasteiger charge is -2.43. The molecule has 2 aliphatic rings. The molecule has 0 aromatic heterocycles. The van der Waals surface area contributed by atoms with Crippen LogP contribution in [0.2, 0.25) is 0 Å². The van der Waals surface area contributed by atoms with Crippen LogP contribution in [0.25, 0.3) is 0 Å². The van der Waals surface area contributed by atoms with Gasteiger partial charge in [-0.2, -0.15) is 0 Å². The first-order valence-corrected chi connectivity index (χ1v) is 10.6. The number of nitrogens with one attached hydrogen (secondary N) is 1. The predicted octanol–water partition coefficient (Wildman–Crippen LogP) is 5.13. The van der Waals surface area contributed by atoms with Crippen molar-refractivity contribution in [2.24, 2.45) is 0 Å². The number of thiocarbonyl (C=S) groups is 1. The summed E-state index contributed by atoms with van der Waals surface area (Å²) in [6.45, 7) is 0. The SMILES string of the molecule is COc1ccc([C@@H]2NC(=S)C3=C(Oc4c(cccc4OC)C3)N2c2ccc(F)cc2)cc1. The number of hydrogen-bond donors (Lipinski definition) is 1. The molecule has 0 radical (unpaired) electrons. The van der Waals surface area contributed by atoms with E-state index in [-0.39, 0.29) is 12.0 Å². The fourth-order valence-electron chi connectivity index (χ4n) is 4.05. The van der Waals surface area contributed by atoms with Crippen LogP contribution < -0.4 is 24.4 Å². The minimum Gasteiger partial charge on any atom is -0.497 e. The number of ether oxygens (including phenoxy) is 3. The maximum absolute atomic E-state index is 13.7. The highest BCUT2D eigenvalue weighted by Gasteiger charge is 2.38. The van der Waals surface area contributed by atoms with E-state index < -0.39 is 0 Å². The third kappa shape index (κ3) is 3.44. The van der Waals surface area contributed by atoms with Crippen molar-refractivity contribution >= 4 is 22.9 Å². The molecule has 5 rings (SSSR count). The summed E-state index contributed by atoms with van der Waals surface area (Å²) >= 11 is 5.75. The van der Waals surface area contributed by atoms with Crippen molar-refractivity contribution in [1.82, 2.24) is 5.32 Å². The van der Waals surface area contributed by atoms with Crippen LogP contribution in [0.4, 0.5) is 10.1 Å². The van der Waals surface area contributed by atoms with Gasteiger partial charge in [-0.1, -0.05) is 36.5 Å². The molecule has 0 saturated heterocycles. The van der Waals surface area contributed by atoms with Crippen molar-refractivity contribution in [1.29, 1.82) is 0 Å². The van der Waals surface area contributed by atoms with Crippen molar-refractivity contribution in [3.8, 4) is 17.2 Å². The number of fused-ring (bicyclic) bond motifs is 1. The molecule has 2 heterocycles. The van der Waals surface area contributed by atoms with Crippen molar-refractivity contribution in [3.63, 3.8) is 0 Å². The minimum absolute atomic E-state index is 0.305. The molecule has 0 spiro atoms. The second kappa shape index (κ2) is 8.16. The monoisotopic (exact) mass is 448 g/mol. The molecular weight excluding hydrogens is 427 g/mol. The molecule has 0 unspecified atom stereocenters. The van der Waals surface area contributed by atoms with Crippen LogP contribution in [-0.2, 0) is 6.42 Å². The Labute approximate surface area is 191 Å². The molecule has 0 bridgehead atoms. The van der Waals surface area contributed by atoms with Crippen LogP contribution in [0.5, 0.6) is 17.2 Å². The summed E-state index contributed by atoms with van der Waals surface area (Å²) in [5, 5.41) is 3.45. The molecule has 0 aliphatic carbocycles. The Kier molecular flexibility index (Phi) is 5.19. The molecule has 3 aromatic carbocycles. The van der Waals surface area contributed by atoms with Crippen molar-refractivity contribution in [2.75, 3.05) is 19.1 Å². The molecule has 162 valence electrons. The van der Waals surface area contributed by atoms with E-state index in [0.29, 0.717) is 28.8 Å². The molecule has 3 aromatic rings. The largest absolute Gasteiger partial charge is 0.497 e. The average Bonchev–Trinajstić information content (AvgIpc) is 2.83. The second-order valence-corrected chi connectivity index (χ2v) is 7.91. The standard InChI is InChI=1S/C25H21FN2O3S/c1-29-19-12-6-15(7-13-19)23-27-24(32)20-14-16-4-3-5-21(30-2)22(16)31-25(20)28(23)18-10-8-17(26)9-11-18/h3-13,23H,14H2,1-2H3,(H,27,32)/t23-/m1/s1. The summed E-state index contributed by atoms with van der Waals surface area (Å²) in [5.41, 5.74) is 3.59. The fourth-order valence-corrected chi connectivity index (χ4v) is 4.32. The van der Waals surface area contributed by atoms with Crippen LogP contribution in [0.3, 0.4) is 0 Å². The van der Waals surface area contributed by atoms with E-state index in [4.69, 9.17) is 26.4 Å². The lowest BCUT2D eigenvalue weighted by Crippen LogP contribution is -2.49. The molecular formula is C25H21FN2O3S. The zero-order chi connectivity index (χ0) is 22.2. The highest BCUT2D eigenvalue weighted by atomic mass is 32.1. The van der Waals surface area contributed by atoms with Gasteiger partial charge in [-0.05, 0) is 48.0 Å². The van der Waals surface area contributed by atoms with Crippen LogP contribution in [0.1, 0.15) is 17.3 Å². The number of hydrogen-bond acceptors (Lipinski definition) is 5. The molecule has 1 atom stereocenters. The summed E-state index contributed by atoms with van der Waals surface area (Å²) in [5.74, 6) is 2.38. The lowest BCUT2D eigenvalue weighted by atomic mass is 9.98. The molecule has 0 fully saturated rings. The van der Waals surface area contributed by atoms with Crippen molar-refractivity contribution in [2.45, 2.75) is 12.6 Å². The molecule has 5 nitrogen and oxygen atoms in total. The van der Waals surface area contributed by atoms with Gasteiger partial charge in [0.25, 0.3) is 0 Å². The summed E-state index contributed by atoms with van der Waals surface area (Å²) in [6, 6.07) is 19.9. The highest BCUT2D eigenvalue weighted by molar-refractivity contribution is 7.80. The number of methoxy groups -OCH3 is 2. The van der Waals surface area contributed by atoms with Gasteiger partial charge < -0.3 is 19.5 Å². The van der Waals surface area contributed by atoms with E-state index in [9.17, 15) is 4.39 Å². The van der Waals surface area contributed by atoms with E-state index >= 15 is 0 Å². The number of halogens is 1. The Morgan fingerprint density at radius 1 is 1.00 bits per heavy atom. The Bertz CT molecular complexity index is 1210. The van der Waals surface area contributed by atoms with Crippen LogP contribution in [-0.4, -0.2) is 19.2 Å². The number of nitrogens with zero attached hydrogens (tertiary/aromatic N) is 1. The Hall–Kier alpha value is -3.58. The summed E-state index contributed by atoms with van der Waals surface area (Å²) < 4.78 is 31.0. The molecule has 7 heteroatoms. The van der Waals surface area contributed by atoms with E-state index in [1.165, 1.54) is 12.1 Å². The lowest BCUT2D eigenvalue weighted by molar-refractivity contribution is 0.327. The number of para-hydroxylation sites is 1. The number of anilines is 1. The molecule has 32 heavy (non-hydrogen) atoms. The van der Waals surface area contributed by atoms with Gasteiger partial charge in [0.1, 0.15) is 22.7 Å². The summed E-state index contributed by atoms with van der Waals surface area (Å²) in [6.07, 6.45) is 0.245. The van der Waals surface area contributed by atoms with Gasteiger partial charge in [-0.3, -0.25) is 4.90 Å². The number of rotatable bonds is 4. The average molecular weight is 449 g/mol. The van der Waals surface area contributed by atoms with E-state index in [1.54, 1.807) is 26.4 Å². The zero-order valence-corrected chi connectivity index (χ0v) is 18.4. The Balaban J connectivity index is 1.65. The predicted molar refractivity (Wildman–Crippen MR) is 125 cm³/mol. The van der Waals surface area contributed by atoms with Gasteiger partial charge >= 0.3 is 0 Å². The van der Waals surface area contributed by atoms with Gasteiger partial charge in [0, 0.05) is 17.7 Å². The zero-order valence-electron chi connectivity index (χ0n) is 17.6. The minimum atomic E-state index is -0.353. The van der Waals surface area contributed by atoms with Gasteiger partial charge in [0.15, 0.2) is 11.5 Å². The highest BCUT2D eigenvalue weighted by Crippen LogP contribution is 2.44. The normalized spacial score (nSPS) is 17.2. The maximum Gasteiger partial charge on any atom is 0.209 e. The van der Waals surface area contributed by atoms with Crippen LogP contribution in [0.15, 0.2) is 78.2 Å². The first kappa shape index (κ1) is 20.3. The van der Waals surface area contributed by atoms with Crippen molar-refractivity contribution < 1.29 is 18.6 Å². The quantitative estimate of drug-likeness (QED) is 0.559. The third-order valence-corrected chi connectivity index (χ3v) is 6.02. The van der Waals surface area contributed by atoms with E-state index in [2.05, 4.69) is 5.32 Å². The topological polar surface area (TPSA) is 43.0 Å². The molecule has 2 aliphatic heterocycles. The Morgan fingerprint density at radius 2 is 1.75 bits per heavy atom. The third-order valence-electron chi connectivity index (χ3n) is 5.66. The van der Waals surface area contributed by atoms with Gasteiger partial charge in [-0.15, -0.1) is 0 Å². The number of benzene rings is 3. The Morgan fingerprint density at radius 3 is 2.44 bits per heavy atom. The molecule has 1 N–H and O–H groups in total. The molecule has 0 saturated carbocycles.